The molecule has 0 saturated heterocycles. The number of rotatable bonds is 4. The van der Waals surface area contributed by atoms with Crippen molar-refractivity contribution in [3.8, 4) is 5.75 Å². The number of carboxylic acids is 1. The highest BCUT2D eigenvalue weighted by Gasteiger charge is 2.38. The highest BCUT2D eigenvalue weighted by molar-refractivity contribution is 6.02. The molecule has 1 atom stereocenters. The van der Waals surface area contributed by atoms with Crippen LogP contribution in [0.5, 0.6) is 5.75 Å². The number of ether oxygens (including phenoxy) is 1. The van der Waals surface area contributed by atoms with Crippen molar-refractivity contribution in [1.29, 1.82) is 0 Å². The number of fused-ring (bicyclic) bond motifs is 1. The molecule has 3 aromatic carbocycles. The van der Waals surface area contributed by atoms with Crippen molar-refractivity contribution in [3.63, 3.8) is 0 Å². The van der Waals surface area contributed by atoms with Crippen molar-refractivity contribution < 1.29 is 19.4 Å². The summed E-state index contributed by atoms with van der Waals surface area (Å²) in [4.78, 5) is 26.4. The first-order chi connectivity index (χ1) is 13.6. The first-order valence-corrected chi connectivity index (χ1v) is 9.03. The van der Waals surface area contributed by atoms with Crippen molar-refractivity contribution in [2.45, 2.75) is 19.1 Å². The van der Waals surface area contributed by atoms with E-state index in [0.29, 0.717) is 11.4 Å². The monoisotopic (exact) mass is 373 g/mol. The van der Waals surface area contributed by atoms with E-state index in [2.05, 4.69) is 0 Å². The second-order valence-corrected chi connectivity index (χ2v) is 6.68. The van der Waals surface area contributed by atoms with Gasteiger partial charge in [-0.3, -0.25) is 9.69 Å². The Hall–Kier alpha value is -3.60. The number of amides is 1. The molecule has 0 aromatic heterocycles. The molecule has 1 N–H and O–H groups in total. The smallest absolute Gasteiger partial charge is 0.335 e. The molecule has 0 saturated carbocycles. The quantitative estimate of drug-likeness (QED) is 0.741. The van der Waals surface area contributed by atoms with Crippen LogP contribution in [-0.2, 0) is 4.79 Å². The maximum atomic E-state index is 13.2. The average molecular weight is 373 g/mol. The summed E-state index contributed by atoms with van der Waals surface area (Å²) in [5.74, 6) is -0.772. The summed E-state index contributed by atoms with van der Waals surface area (Å²) in [6.45, 7) is 1.70. The van der Waals surface area contributed by atoms with Crippen LogP contribution < -0.4 is 9.64 Å². The van der Waals surface area contributed by atoms with Crippen molar-refractivity contribution >= 4 is 17.6 Å². The van der Waals surface area contributed by atoms with Crippen molar-refractivity contribution in [2.75, 3.05) is 4.90 Å². The number of benzene rings is 3. The van der Waals surface area contributed by atoms with Gasteiger partial charge in [0.05, 0.1) is 17.3 Å². The van der Waals surface area contributed by atoms with Gasteiger partial charge in [-0.25, -0.2) is 4.79 Å². The lowest BCUT2D eigenvalue weighted by molar-refractivity contribution is -0.126. The Bertz CT molecular complexity index is 978. The molecular weight excluding hydrogens is 354 g/mol. The van der Waals surface area contributed by atoms with E-state index in [1.54, 1.807) is 17.9 Å². The SMILES string of the molecule is CC1Oc2ccc(C(=O)O)cc2N(C(c2ccccc2)c2ccccc2)C1=O. The molecule has 0 radical (unpaired) electrons. The second kappa shape index (κ2) is 7.19. The molecule has 4 rings (SSSR count). The Morgan fingerprint density at radius 3 is 2.07 bits per heavy atom. The molecule has 1 aliphatic heterocycles. The summed E-state index contributed by atoms with van der Waals surface area (Å²) in [7, 11) is 0. The van der Waals surface area contributed by atoms with Gasteiger partial charge in [-0.1, -0.05) is 60.7 Å². The van der Waals surface area contributed by atoms with Crippen molar-refractivity contribution in [2.24, 2.45) is 0 Å². The van der Waals surface area contributed by atoms with Crippen LogP contribution in [-0.4, -0.2) is 23.1 Å². The van der Waals surface area contributed by atoms with Gasteiger partial charge >= 0.3 is 5.97 Å². The highest BCUT2D eigenvalue weighted by atomic mass is 16.5. The van der Waals surface area contributed by atoms with Gasteiger partial charge in [0.2, 0.25) is 0 Å². The van der Waals surface area contributed by atoms with Gasteiger partial charge in [0.25, 0.3) is 5.91 Å². The first-order valence-electron chi connectivity index (χ1n) is 9.03. The predicted molar refractivity (Wildman–Crippen MR) is 106 cm³/mol. The van der Waals surface area contributed by atoms with Gasteiger partial charge in [0.15, 0.2) is 6.10 Å². The van der Waals surface area contributed by atoms with Gasteiger partial charge in [-0.05, 0) is 36.2 Å². The molecule has 0 aliphatic carbocycles. The van der Waals surface area contributed by atoms with Crippen LogP contribution in [0.3, 0.4) is 0 Å². The number of carboxylic acid groups (broad SMARTS) is 1. The largest absolute Gasteiger partial charge is 0.479 e. The van der Waals surface area contributed by atoms with Gasteiger partial charge < -0.3 is 9.84 Å². The zero-order valence-corrected chi connectivity index (χ0v) is 15.3. The fourth-order valence-corrected chi connectivity index (χ4v) is 3.52. The molecule has 1 unspecified atom stereocenters. The Morgan fingerprint density at radius 2 is 1.54 bits per heavy atom. The zero-order valence-electron chi connectivity index (χ0n) is 15.3. The van der Waals surface area contributed by atoms with E-state index in [9.17, 15) is 14.7 Å². The maximum absolute atomic E-state index is 13.2. The predicted octanol–water partition coefficient (Wildman–Crippen LogP) is 4.29. The number of anilines is 1. The third-order valence-corrected chi connectivity index (χ3v) is 4.84. The van der Waals surface area contributed by atoms with Crippen molar-refractivity contribution in [3.05, 3.63) is 95.6 Å². The summed E-state index contributed by atoms with van der Waals surface area (Å²) >= 11 is 0. The molecule has 1 amide bonds. The Labute approximate surface area is 162 Å². The number of nitrogens with zero attached hydrogens (tertiary/aromatic N) is 1. The summed E-state index contributed by atoms with van der Waals surface area (Å²) < 4.78 is 5.75. The molecule has 1 heterocycles. The summed E-state index contributed by atoms with van der Waals surface area (Å²) in [5.41, 5.74) is 2.43. The van der Waals surface area contributed by atoms with Crippen LogP contribution in [0.15, 0.2) is 78.9 Å². The van der Waals surface area contributed by atoms with Crippen LogP contribution in [0.2, 0.25) is 0 Å². The zero-order chi connectivity index (χ0) is 19.7. The lowest BCUT2D eigenvalue weighted by Crippen LogP contribution is -2.46. The molecule has 28 heavy (non-hydrogen) atoms. The minimum atomic E-state index is -1.05. The molecule has 140 valence electrons. The minimum absolute atomic E-state index is 0.106. The van der Waals surface area contributed by atoms with Gasteiger partial charge in [-0.15, -0.1) is 0 Å². The first kappa shape index (κ1) is 17.8. The maximum Gasteiger partial charge on any atom is 0.335 e. The number of hydrogen-bond acceptors (Lipinski definition) is 3. The molecule has 0 fully saturated rings. The molecule has 0 bridgehead atoms. The van der Waals surface area contributed by atoms with Gasteiger partial charge in [0.1, 0.15) is 5.75 Å². The van der Waals surface area contributed by atoms with E-state index < -0.39 is 18.1 Å². The number of hydrogen-bond donors (Lipinski definition) is 1. The lowest BCUT2D eigenvalue weighted by Gasteiger charge is -2.39. The fourth-order valence-electron chi connectivity index (χ4n) is 3.52. The van der Waals surface area contributed by atoms with E-state index in [-0.39, 0.29) is 11.5 Å². The summed E-state index contributed by atoms with van der Waals surface area (Å²) in [5, 5.41) is 9.42. The summed E-state index contributed by atoms with van der Waals surface area (Å²) in [6, 6.07) is 23.6. The topological polar surface area (TPSA) is 66.8 Å². The van der Waals surface area contributed by atoms with Crippen molar-refractivity contribution in [1.82, 2.24) is 0 Å². The fraction of sp³-hybridized carbons (Fsp3) is 0.130. The van der Waals surface area contributed by atoms with E-state index in [1.807, 2.05) is 60.7 Å². The molecule has 1 aliphatic rings. The Balaban J connectivity index is 1.94. The third kappa shape index (κ3) is 3.11. The van der Waals surface area contributed by atoms with Gasteiger partial charge in [-0.2, -0.15) is 0 Å². The highest BCUT2D eigenvalue weighted by Crippen LogP contribution is 2.42. The summed E-state index contributed by atoms with van der Waals surface area (Å²) in [6.07, 6.45) is -0.668. The Kier molecular flexibility index (Phi) is 4.57. The van der Waals surface area contributed by atoms with Crippen LogP contribution in [0.1, 0.15) is 34.5 Å². The molecule has 3 aromatic rings. The Morgan fingerprint density at radius 1 is 0.964 bits per heavy atom. The molecule has 0 spiro atoms. The van der Waals surface area contributed by atoms with Crippen LogP contribution in [0, 0.1) is 0 Å². The number of carbonyl (C=O) groups excluding carboxylic acids is 1. The van der Waals surface area contributed by atoms with Crippen LogP contribution >= 0.6 is 0 Å². The molecule has 5 nitrogen and oxygen atoms in total. The minimum Gasteiger partial charge on any atom is -0.479 e. The van der Waals surface area contributed by atoms with E-state index in [1.165, 1.54) is 12.1 Å². The van der Waals surface area contributed by atoms with E-state index in [0.717, 1.165) is 11.1 Å². The number of carbonyl (C=O) groups is 2. The van der Waals surface area contributed by atoms with Crippen LogP contribution in [0.25, 0.3) is 0 Å². The normalized spacial score (nSPS) is 15.9. The van der Waals surface area contributed by atoms with Gasteiger partial charge in [0, 0.05) is 0 Å². The van der Waals surface area contributed by atoms with E-state index in [4.69, 9.17) is 4.74 Å². The van der Waals surface area contributed by atoms with Crippen LogP contribution in [0.4, 0.5) is 5.69 Å². The molecule has 5 heteroatoms. The molecular formula is C23H19NO4. The van der Waals surface area contributed by atoms with E-state index >= 15 is 0 Å². The lowest BCUT2D eigenvalue weighted by atomic mass is 9.95. The average Bonchev–Trinajstić information content (AvgIpc) is 2.72. The second-order valence-electron chi connectivity index (χ2n) is 6.68. The number of aromatic carboxylic acids is 1. The standard InChI is InChI=1S/C23H19NO4/c1-15-22(25)24(19-14-18(23(26)27)12-13-20(19)28-15)21(16-8-4-2-5-9-16)17-10-6-3-7-11-17/h2-15,21H,1H3,(H,26,27). The third-order valence-electron chi connectivity index (χ3n) is 4.84.